The van der Waals surface area contributed by atoms with Crippen molar-refractivity contribution in [2.45, 2.75) is 12.5 Å². The number of hydrogen-bond acceptors (Lipinski definition) is 4. The average Bonchev–Trinajstić information content (AvgIpc) is 3.03. The van der Waals surface area contributed by atoms with Crippen LogP contribution in [0.15, 0.2) is 126 Å². The molecule has 5 rings (SSSR count). The highest BCUT2D eigenvalue weighted by atomic mass is 79.9. The molecule has 2 amide bonds. The van der Waals surface area contributed by atoms with Gasteiger partial charge in [0.1, 0.15) is 23.4 Å². The molecule has 0 aliphatic rings. The van der Waals surface area contributed by atoms with Crippen molar-refractivity contribution >= 4 is 39.4 Å². The van der Waals surface area contributed by atoms with Gasteiger partial charge in [-0.25, -0.2) is 9.18 Å². The highest BCUT2D eigenvalue weighted by molar-refractivity contribution is 9.10. The van der Waals surface area contributed by atoms with E-state index in [-0.39, 0.29) is 23.2 Å². The number of amides is 2. The SMILES string of the molecule is O=C(Nc1ccc(Br)cc1C(=O)N[C@@H](Cc1ccc(-c2ccccc2Oc2ccccc2)cc1)C(=O)O)c1ccc(F)cc1. The molecule has 0 heterocycles. The zero-order chi connectivity index (χ0) is 31.1. The number of benzene rings is 5. The summed E-state index contributed by atoms with van der Waals surface area (Å²) in [6, 6.07) is 32.8. The molecule has 5 aromatic carbocycles. The van der Waals surface area contributed by atoms with Gasteiger partial charge in [0, 0.05) is 22.0 Å². The van der Waals surface area contributed by atoms with Gasteiger partial charge in [0.05, 0.1) is 11.3 Å². The lowest BCUT2D eigenvalue weighted by Crippen LogP contribution is -2.42. The van der Waals surface area contributed by atoms with Gasteiger partial charge in [-0.1, -0.05) is 76.6 Å². The molecule has 0 saturated carbocycles. The van der Waals surface area contributed by atoms with Crippen LogP contribution in [-0.2, 0) is 11.2 Å². The van der Waals surface area contributed by atoms with Gasteiger partial charge in [0.25, 0.3) is 11.8 Å². The first-order valence-electron chi connectivity index (χ1n) is 13.6. The Kier molecular flexibility index (Phi) is 9.46. The zero-order valence-electron chi connectivity index (χ0n) is 23.2. The van der Waals surface area contributed by atoms with Crippen LogP contribution < -0.4 is 15.4 Å². The van der Waals surface area contributed by atoms with E-state index >= 15 is 0 Å². The molecule has 0 radical (unpaired) electrons. The summed E-state index contributed by atoms with van der Waals surface area (Å²) in [5.74, 6) is -1.54. The second-order valence-electron chi connectivity index (χ2n) is 9.83. The first-order chi connectivity index (χ1) is 21.3. The molecule has 5 aromatic rings. The predicted molar refractivity (Wildman–Crippen MR) is 169 cm³/mol. The van der Waals surface area contributed by atoms with Crippen LogP contribution in [0.1, 0.15) is 26.3 Å². The zero-order valence-corrected chi connectivity index (χ0v) is 24.8. The summed E-state index contributed by atoms with van der Waals surface area (Å²) in [5, 5.41) is 15.2. The highest BCUT2D eigenvalue weighted by Crippen LogP contribution is 2.33. The van der Waals surface area contributed by atoms with Gasteiger partial charge in [-0.05, 0) is 71.8 Å². The largest absolute Gasteiger partial charge is 0.480 e. The fourth-order valence-corrected chi connectivity index (χ4v) is 4.87. The van der Waals surface area contributed by atoms with Crippen LogP contribution in [0.2, 0.25) is 0 Å². The van der Waals surface area contributed by atoms with Crippen molar-refractivity contribution in [3.63, 3.8) is 0 Å². The Labute approximate surface area is 261 Å². The average molecular weight is 654 g/mol. The maximum absolute atomic E-state index is 13.3. The molecule has 220 valence electrons. The number of nitrogens with one attached hydrogen (secondary N) is 2. The van der Waals surface area contributed by atoms with E-state index in [4.69, 9.17) is 4.74 Å². The van der Waals surface area contributed by atoms with Crippen LogP contribution in [0.3, 0.4) is 0 Å². The Bertz CT molecular complexity index is 1800. The van der Waals surface area contributed by atoms with Crippen molar-refractivity contribution in [1.29, 1.82) is 0 Å². The fourth-order valence-electron chi connectivity index (χ4n) is 4.51. The van der Waals surface area contributed by atoms with Crippen LogP contribution in [-0.4, -0.2) is 28.9 Å². The standard InChI is InChI=1S/C35H26BrFN2O5/c36-25-16-19-30(38-33(40)24-14-17-26(37)18-15-24)29(21-25)34(41)39-31(35(42)43)20-22-10-12-23(13-11-22)28-8-4-5-9-32(28)44-27-6-2-1-3-7-27/h1-19,21,31H,20H2,(H,38,40)(H,39,41)(H,42,43)/t31-/m0/s1. The summed E-state index contributed by atoms with van der Waals surface area (Å²) >= 11 is 3.32. The second kappa shape index (κ2) is 13.8. The van der Waals surface area contributed by atoms with Gasteiger partial charge in [0.2, 0.25) is 0 Å². The molecular formula is C35H26BrFN2O5. The van der Waals surface area contributed by atoms with Crippen LogP contribution in [0.4, 0.5) is 10.1 Å². The first-order valence-corrected chi connectivity index (χ1v) is 14.4. The molecule has 3 N–H and O–H groups in total. The lowest BCUT2D eigenvalue weighted by Gasteiger charge is -2.17. The van der Waals surface area contributed by atoms with E-state index in [1.54, 1.807) is 6.07 Å². The number of rotatable bonds is 10. The quantitative estimate of drug-likeness (QED) is 0.143. The van der Waals surface area contributed by atoms with E-state index in [0.717, 1.165) is 23.3 Å². The summed E-state index contributed by atoms with van der Waals surface area (Å²) in [5.41, 5.74) is 2.88. The fraction of sp³-hybridized carbons (Fsp3) is 0.0571. The topological polar surface area (TPSA) is 105 Å². The van der Waals surface area contributed by atoms with Gasteiger partial charge in [-0.15, -0.1) is 0 Å². The molecule has 7 nitrogen and oxygen atoms in total. The Balaban J connectivity index is 1.30. The van der Waals surface area contributed by atoms with Gasteiger partial charge < -0.3 is 20.5 Å². The highest BCUT2D eigenvalue weighted by Gasteiger charge is 2.24. The number of carbonyl (C=O) groups excluding carboxylic acids is 2. The predicted octanol–water partition coefficient (Wildman–Crippen LogP) is 7.73. The maximum atomic E-state index is 13.3. The lowest BCUT2D eigenvalue weighted by atomic mass is 9.99. The van der Waals surface area contributed by atoms with E-state index in [0.29, 0.717) is 21.5 Å². The van der Waals surface area contributed by atoms with Crippen LogP contribution in [0.5, 0.6) is 11.5 Å². The third-order valence-corrected chi connectivity index (χ3v) is 7.24. The number of para-hydroxylation sites is 2. The number of carbonyl (C=O) groups is 3. The lowest BCUT2D eigenvalue weighted by molar-refractivity contribution is -0.139. The van der Waals surface area contributed by atoms with Crippen molar-refractivity contribution in [3.8, 4) is 22.6 Å². The molecule has 0 unspecified atom stereocenters. The minimum atomic E-state index is -1.25. The Morgan fingerprint density at radius 2 is 1.48 bits per heavy atom. The molecule has 0 aromatic heterocycles. The molecule has 0 bridgehead atoms. The minimum absolute atomic E-state index is 0.0226. The van der Waals surface area contributed by atoms with Crippen LogP contribution in [0, 0.1) is 5.82 Å². The molecule has 0 fully saturated rings. The summed E-state index contributed by atoms with van der Waals surface area (Å²) in [6.07, 6.45) is 0.0226. The number of anilines is 1. The maximum Gasteiger partial charge on any atom is 0.326 e. The number of carboxylic acids is 1. The third kappa shape index (κ3) is 7.56. The first kappa shape index (κ1) is 30.2. The van der Waals surface area contributed by atoms with Crippen molar-refractivity contribution in [1.82, 2.24) is 5.32 Å². The summed E-state index contributed by atoms with van der Waals surface area (Å²) in [4.78, 5) is 38.2. The number of hydrogen-bond donors (Lipinski definition) is 3. The van der Waals surface area contributed by atoms with Crippen molar-refractivity contribution in [2.75, 3.05) is 5.32 Å². The molecule has 0 spiro atoms. The second-order valence-corrected chi connectivity index (χ2v) is 10.7. The molecule has 1 atom stereocenters. The van der Waals surface area contributed by atoms with E-state index < -0.39 is 29.6 Å². The van der Waals surface area contributed by atoms with E-state index in [9.17, 15) is 23.9 Å². The van der Waals surface area contributed by atoms with Crippen LogP contribution >= 0.6 is 15.9 Å². The van der Waals surface area contributed by atoms with E-state index in [1.807, 2.05) is 78.9 Å². The van der Waals surface area contributed by atoms with Gasteiger partial charge in [-0.2, -0.15) is 0 Å². The number of aliphatic carboxylic acids is 1. The molecular weight excluding hydrogens is 627 g/mol. The molecule has 0 saturated heterocycles. The summed E-state index contributed by atoms with van der Waals surface area (Å²) in [7, 11) is 0. The number of ether oxygens (including phenoxy) is 1. The van der Waals surface area contributed by atoms with E-state index in [1.165, 1.54) is 24.3 Å². The molecule has 0 aliphatic carbocycles. The molecule has 9 heteroatoms. The minimum Gasteiger partial charge on any atom is -0.480 e. The van der Waals surface area contributed by atoms with Gasteiger partial charge in [-0.3, -0.25) is 9.59 Å². The number of carboxylic acid groups (broad SMARTS) is 1. The Morgan fingerprint density at radius 3 is 2.18 bits per heavy atom. The van der Waals surface area contributed by atoms with E-state index in [2.05, 4.69) is 26.6 Å². The van der Waals surface area contributed by atoms with Crippen molar-refractivity contribution < 1.29 is 28.6 Å². The normalized spacial score (nSPS) is 11.3. The van der Waals surface area contributed by atoms with Crippen molar-refractivity contribution in [3.05, 3.63) is 148 Å². The molecule has 0 aliphatic heterocycles. The summed E-state index contributed by atoms with van der Waals surface area (Å²) < 4.78 is 19.9. The Hall–Kier alpha value is -5.28. The smallest absolute Gasteiger partial charge is 0.326 e. The van der Waals surface area contributed by atoms with Gasteiger partial charge in [0.15, 0.2) is 0 Å². The number of halogens is 2. The van der Waals surface area contributed by atoms with Crippen molar-refractivity contribution in [2.24, 2.45) is 0 Å². The Morgan fingerprint density at radius 1 is 0.795 bits per heavy atom. The monoisotopic (exact) mass is 652 g/mol. The summed E-state index contributed by atoms with van der Waals surface area (Å²) in [6.45, 7) is 0. The van der Waals surface area contributed by atoms with Crippen LogP contribution in [0.25, 0.3) is 11.1 Å². The third-order valence-electron chi connectivity index (χ3n) is 6.75. The molecule has 44 heavy (non-hydrogen) atoms. The van der Waals surface area contributed by atoms with Gasteiger partial charge >= 0.3 is 5.97 Å².